The predicted octanol–water partition coefficient (Wildman–Crippen LogP) is 1.07. The second-order valence-corrected chi connectivity index (χ2v) is 8.31. The van der Waals surface area contributed by atoms with Gasteiger partial charge in [0.05, 0.1) is 25.4 Å². The van der Waals surface area contributed by atoms with Gasteiger partial charge >= 0.3 is 5.69 Å². The number of anilines is 1. The van der Waals surface area contributed by atoms with Crippen molar-refractivity contribution in [2.75, 3.05) is 30.7 Å². The third-order valence-corrected chi connectivity index (χ3v) is 6.37. The highest BCUT2D eigenvalue weighted by molar-refractivity contribution is 8.00. The SMILES string of the molecule is CC[NH+](CC)CCCn1c2c(c(SCC(=O)Nc3cc(C)on3)nc1=O)CCC2. The smallest absolute Gasteiger partial charge is 0.348 e. The van der Waals surface area contributed by atoms with Crippen LogP contribution in [0.2, 0.25) is 0 Å². The van der Waals surface area contributed by atoms with Gasteiger partial charge in [0.25, 0.3) is 0 Å². The van der Waals surface area contributed by atoms with Crippen molar-refractivity contribution in [3.05, 3.63) is 33.6 Å². The molecule has 0 aliphatic heterocycles. The van der Waals surface area contributed by atoms with Crippen LogP contribution in [0.5, 0.6) is 0 Å². The lowest BCUT2D eigenvalue weighted by molar-refractivity contribution is -0.896. The molecule has 0 fully saturated rings. The van der Waals surface area contributed by atoms with Crippen LogP contribution in [-0.2, 0) is 24.2 Å². The second-order valence-electron chi connectivity index (χ2n) is 7.35. The highest BCUT2D eigenvalue weighted by atomic mass is 32.2. The summed E-state index contributed by atoms with van der Waals surface area (Å²) in [5, 5.41) is 7.15. The molecule has 0 unspecified atom stereocenters. The first-order chi connectivity index (χ1) is 14.0. The predicted molar refractivity (Wildman–Crippen MR) is 113 cm³/mol. The lowest BCUT2D eigenvalue weighted by atomic mass is 10.2. The van der Waals surface area contributed by atoms with Crippen LogP contribution in [0.3, 0.4) is 0 Å². The van der Waals surface area contributed by atoms with E-state index in [1.807, 2.05) is 4.57 Å². The van der Waals surface area contributed by atoms with E-state index in [0.29, 0.717) is 23.1 Å². The first-order valence-corrected chi connectivity index (χ1v) is 11.3. The van der Waals surface area contributed by atoms with E-state index in [1.54, 1.807) is 17.9 Å². The Bertz CT molecular complexity index is 904. The van der Waals surface area contributed by atoms with Crippen molar-refractivity contribution in [3.8, 4) is 0 Å². The van der Waals surface area contributed by atoms with Gasteiger partial charge in [-0.25, -0.2) is 4.79 Å². The summed E-state index contributed by atoms with van der Waals surface area (Å²) in [6.45, 7) is 10.1. The van der Waals surface area contributed by atoms with E-state index in [4.69, 9.17) is 4.52 Å². The Balaban J connectivity index is 1.64. The molecule has 1 aliphatic rings. The number of hydrogen-bond donors (Lipinski definition) is 2. The number of quaternary nitrogens is 1. The van der Waals surface area contributed by atoms with E-state index in [1.165, 1.54) is 11.8 Å². The van der Waals surface area contributed by atoms with Crippen LogP contribution in [-0.4, -0.2) is 46.0 Å². The molecule has 2 N–H and O–H groups in total. The van der Waals surface area contributed by atoms with E-state index < -0.39 is 0 Å². The van der Waals surface area contributed by atoms with Gasteiger partial charge in [-0.3, -0.25) is 9.36 Å². The number of carbonyl (C=O) groups excluding carboxylic acids is 1. The third kappa shape index (κ3) is 5.48. The standard InChI is InChI=1S/C20H29N5O3S/c1-4-24(5-2)10-7-11-25-16-9-6-8-15(16)19(22-20(25)27)29-13-18(26)21-17-12-14(3)28-23-17/h12H,4-11,13H2,1-3H3,(H,21,23,26)/p+1. The van der Waals surface area contributed by atoms with E-state index >= 15 is 0 Å². The summed E-state index contributed by atoms with van der Waals surface area (Å²) in [4.78, 5) is 30.7. The van der Waals surface area contributed by atoms with Crippen LogP contribution in [0, 0.1) is 6.92 Å². The fourth-order valence-electron chi connectivity index (χ4n) is 3.77. The molecule has 0 aromatic carbocycles. The van der Waals surface area contributed by atoms with Crippen LogP contribution in [0.25, 0.3) is 0 Å². The van der Waals surface area contributed by atoms with Gasteiger partial charge in [-0.1, -0.05) is 16.9 Å². The van der Waals surface area contributed by atoms with Crippen LogP contribution in [0.1, 0.15) is 43.7 Å². The largest absolute Gasteiger partial charge is 0.360 e. The average molecular weight is 421 g/mol. The minimum atomic E-state index is -0.199. The van der Waals surface area contributed by atoms with E-state index in [0.717, 1.165) is 56.6 Å². The van der Waals surface area contributed by atoms with Crippen molar-refractivity contribution in [2.45, 2.75) is 58.0 Å². The number of fused-ring (bicyclic) bond motifs is 1. The summed E-state index contributed by atoms with van der Waals surface area (Å²) in [7, 11) is 0. The highest BCUT2D eigenvalue weighted by Gasteiger charge is 2.22. The first-order valence-electron chi connectivity index (χ1n) is 10.3. The number of amides is 1. The minimum absolute atomic E-state index is 0.181. The molecule has 0 spiro atoms. The summed E-state index contributed by atoms with van der Waals surface area (Å²) in [6.07, 6.45) is 3.82. The van der Waals surface area contributed by atoms with Crippen molar-refractivity contribution in [1.29, 1.82) is 0 Å². The lowest BCUT2D eigenvalue weighted by Gasteiger charge is -2.17. The molecule has 8 nitrogen and oxygen atoms in total. The number of rotatable bonds is 10. The number of hydrogen-bond acceptors (Lipinski definition) is 6. The third-order valence-electron chi connectivity index (χ3n) is 5.35. The molecule has 0 radical (unpaired) electrons. The molecular formula is C20H30N5O3S+. The molecule has 3 rings (SSSR count). The Morgan fingerprint density at radius 1 is 1.34 bits per heavy atom. The van der Waals surface area contributed by atoms with E-state index in [9.17, 15) is 9.59 Å². The van der Waals surface area contributed by atoms with Gasteiger partial charge in [-0.2, -0.15) is 4.98 Å². The Hall–Kier alpha value is -2.13. The monoisotopic (exact) mass is 420 g/mol. The van der Waals surface area contributed by atoms with Gasteiger partial charge < -0.3 is 14.7 Å². The van der Waals surface area contributed by atoms with Crippen LogP contribution in [0.4, 0.5) is 5.82 Å². The molecule has 2 aromatic rings. The summed E-state index contributed by atoms with van der Waals surface area (Å²) in [5.41, 5.74) is 2.04. The summed E-state index contributed by atoms with van der Waals surface area (Å²) >= 11 is 1.32. The maximum Gasteiger partial charge on any atom is 0.348 e. The molecular weight excluding hydrogens is 390 g/mol. The van der Waals surface area contributed by atoms with E-state index in [-0.39, 0.29) is 17.3 Å². The molecule has 2 heterocycles. The molecule has 0 atom stereocenters. The van der Waals surface area contributed by atoms with Crippen molar-refractivity contribution < 1.29 is 14.2 Å². The number of nitrogens with one attached hydrogen (secondary N) is 2. The van der Waals surface area contributed by atoms with Crippen molar-refractivity contribution in [1.82, 2.24) is 14.7 Å². The van der Waals surface area contributed by atoms with Crippen LogP contribution >= 0.6 is 11.8 Å². The van der Waals surface area contributed by atoms with Crippen molar-refractivity contribution in [2.24, 2.45) is 0 Å². The molecule has 158 valence electrons. The number of thioether (sulfide) groups is 1. The van der Waals surface area contributed by atoms with Gasteiger partial charge in [0, 0.05) is 30.3 Å². The molecule has 0 saturated heterocycles. The summed E-state index contributed by atoms with van der Waals surface area (Å²) in [5.74, 6) is 1.03. The number of carbonyl (C=O) groups is 1. The molecule has 0 bridgehead atoms. The number of aryl methyl sites for hydroxylation is 1. The lowest BCUT2D eigenvalue weighted by Crippen LogP contribution is -3.11. The molecule has 29 heavy (non-hydrogen) atoms. The Kier molecular flexibility index (Phi) is 7.49. The molecule has 2 aromatic heterocycles. The zero-order valence-electron chi connectivity index (χ0n) is 17.4. The quantitative estimate of drug-likeness (QED) is 0.441. The van der Waals surface area contributed by atoms with Crippen molar-refractivity contribution >= 4 is 23.5 Å². The topological polar surface area (TPSA) is 94.5 Å². The Morgan fingerprint density at radius 3 is 2.83 bits per heavy atom. The fraction of sp³-hybridized carbons (Fsp3) is 0.600. The van der Waals surface area contributed by atoms with Gasteiger partial charge in [-0.15, -0.1) is 0 Å². The van der Waals surface area contributed by atoms with Gasteiger partial charge in [0.1, 0.15) is 10.8 Å². The highest BCUT2D eigenvalue weighted by Crippen LogP contribution is 2.29. The molecule has 0 saturated carbocycles. The maximum atomic E-state index is 12.7. The van der Waals surface area contributed by atoms with Gasteiger partial charge in [0.2, 0.25) is 5.91 Å². The Labute approximate surface area is 175 Å². The average Bonchev–Trinajstić information content (AvgIpc) is 3.34. The zero-order chi connectivity index (χ0) is 20.8. The first kappa shape index (κ1) is 21.6. The van der Waals surface area contributed by atoms with Crippen LogP contribution in [0.15, 0.2) is 20.4 Å². The molecule has 1 aliphatic carbocycles. The number of nitrogens with zero attached hydrogens (tertiary/aromatic N) is 3. The second kappa shape index (κ2) is 10.1. The molecule has 1 amide bonds. The summed E-state index contributed by atoms with van der Waals surface area (Å²) < 4.78 is 6.80. The maximum absolute atomic E-state index is 12.7. The van der Waals surface area contributed by atoms with Gasteiger partial charge in [0.15, 0.2) is 5.82 Å². The van der Waals surface area contributed by atoms with Crippen LogP contribution < -0.4 is 15.9 Å². The van der Waals surface area contributed by atoms with Gasteiger partial charge in [-0.05, 0) is 40.0 Å². The van der Waals surface area contributed by atoms with Crippen molar-refractivity contribution in [3.63, 3.8) is 0 Å². The number of aromatic nitrogens is 3. The van der Waals surface area contributed by atoms with E-state index in [2.05, 4.69) is 29.3 Å². The summed E-state index contributed by atoms with van der Waals surface area (Å²) in [6, 6.07) is 1.67. The minimum Gasteiger partial charge on any atom is -0.360 e. The zero-order valence-corrected chi connectivity index (χ0v) is 18.2. The Morgan fingerprint density at radius 2 is 2.14 bits per heavy atom. The fourth-order valence-corrected chi connectivity index (χ4v) is 4.64. The molecule has 9 heteroatoms. The normalized spacial score (nSPS) is 13.1.